The zero-order valence-corrected chi connectivity index (χ0v) is 12.6. The molecule has 0 saturated carbocycles. The van der Waals surface area contributed by atoms with Gasteiger partial charge in [0.25, 0.3) is 5.56 Å². The lowest BCUT2D eigenvalue weighted by Gasteiger charge is -2.10. The van der Waals surface area contributed by atoms with E-state index in [1.54, 1.807) is 10.8 Å². The van der Waals surface area contributed by atoms with Gasteiger partial charge in [0.05, 0.1) is 12.1 Å². The van der Waals surface area contributed by atoms with E-state index in [0.717, 1.165) is 26.5 Å². The van der Waals surface area contributed by atoms with Crippen molar-refractivity contribution in [3.63, 3.8) is 0 Å². The zero-order chi connectivity index (χ0) is 14.1. The topological polar surface area (TPSA) is 34.9 Å². The Balaban J connectivity index is 2.13. The summed E-state index contributed by atoms with van der Waals surface area (Å²) in [5.74, 6) is 0. The van der Waals surface area contributed by atoms with Gasteiger partial charge in [0, 0.05) is 27.8 Å². The molecule has 3 aromatic rings. The summed E-state index contributed by atoms with van der Waals surface area (Å²) in [5, 5.41) is 1.08. The summed E-state index contributed by atoms with van der Waals surface area (Å²) >= 11 is 3.44. The number of aryl methyl sites for hydroxylation is 1. The highest BCUT2D eigenvalue weighted by Crippen LogP contribution is 2.17. The van der Waals surface area contributed by atoms with E-state index in [-0.39, 0.29) is 5.56 Å². The predicted molar refractivity (Wildman–Crippen MR) is 84.0 cm³/mol. The molecule has 2 aromatic heterocycles. The SMILES string of the molecule is Cc1cc(Br)cn(Cc2ccnc3ccccc23)c1=O. The predicted octanol–water partition coefficient (Wildman–Crippen LogP) is 3.52. The van der Waals surface area contributed by atoms with E-state index < -0.39 is 0 Å². The van der Waals surface area contributed by atoms with E-state index in [1.807, 2.05) is 49.5 Å². The average molecular weight is 329 g/mol. The minimum Gasteiger partial charge on any atom is -0.310 e. The molecule has 0 radical (unpaired) electrons. The third kappa shape index (κ3) is 2.39. The molecule has 0 spiro atoms. The van der Waals surface area contributed by atoms with Crippen molar-refractivity contribution in [3.8, 4) is 0 Å². The van der Waals surface area contributed by atoms with Gasteiger partial charge in [0.1, 0.15) is 0 Å². The second-order valence-corrected chi connectivity index (χ2v) is 5.68. The molecule has 0 N–H and O–H groups in total. The molecule has 0 bridgehead atoms. The van der Waals surface area contributed by atoms with Gasteiger partial charge in [0.15, 0.2) is 0 Å². The number of fused-ring (bicyclic) bond motifs is 1. The van der Waals surface area contributed by atoms with Crippen molar-refractivity contribution in [3.05, 3.63) is 74.7 Å². The first-order chi connectivity index (χ1) is 9.65. The fraction of sp³-hybridized carbons (Fsp3) is 0.125. The van der Waals surface area contributed by atoms with Gasteiger partial charge in [0.2, 0.25) is 0 Å². The highest BCUT2D eigenvalue weighted by atomic mass is 79.9. The highest BCUT2D eigenvalue weighted by molar-refractivity contribution is 9.10. The van der Waals surface area contributed by atoms with Crippen LogP contribution in [0.5, 0.6) is 0 Å². The van der Waals surface area contributed by atoms with E-state index in [1.165, 1.54) is 0 Å². The monoisotopic (exact) mass is 328 g/mol. The number of nitrogens with zero attached hydrogens (tertiary/aromatic N) is 2. The Bertz CT molecular complexity index is 834. The summed E-state index contributed by atoms with van der Waals surface area (Å²) in [6.45, 7) is 2.37. The van der Waals surface area contributed by atoms with Crippen molar-refractivity contribution in [2.45, 2.75) is 13.5 Å². The third-order valence-corrected chi connectivity index (χ3v) is 3.75. The maximum atomic E-state index is 12.2. The molecule has 3 nitrogen and oxygen atoms in total. The number of pyridine rings is 2. The third-order valence-electron chi connectivity index (χ3n) is 3.31. The molecule has 100 valence electrons. The van der Waals surface area contributed by atoms with Crippen molar-refractivity contribution in [2.24, 2.45) is 0 Å². The van der Waals surface area contributed by atoms with Gasteiger partial charge in [-0.1, -0.05) is 18.2 Å². The van der Waals surface area contributed by atoms with Crippen molar-refractivity contribution >= 4 is 26.8 Å². The maximum Gasteiger partial charge on any atom is 0.253 e. The normalized spacial score (nSPS) is 10.9. The molecule has 1 aromatic carbocycles. The quantitative estimate of drug-likeness (QED) is 0.721. The minimum absolute atomic E-state index is 0.0362. The van der Waals surface area contributed by atoms with Crippen molar-refractivity contribution in [1.29, 1.82) is 0 Å². The van der Waals surface area contributed by atoms with Gasteiger partial charge in [-0.25, -0.2) is 0 Å². The Morgan fingerprint density at radius 3 is 2.90 bits per heavy atom. The first-order valence-corrected chi connectivity index (χ1v) is 7.13. The molecule has 3 rings (SSSR count). The van der Waals surface area contributed by atoms with Crippen LogP contribution in [0.3, 0.4) is 0 Å². The highest BCUT2D eigenvalue weighted by Gasteiger charge is 2.06. The number of halogens is 1. The first kappa shape index (κ1) is 13.1. The number of para-hydroxylation sites is 1. The smallest absolute Gasteiger partial charge is 0.253 e. The van der Waals surface area contributed by atoms with Gasteiger partial charge >= 0.3 is 0 Å². The molecule has 0 atom stereocenters. The fourth-order valence-electron chi connectivity index (χ4n) is 2.33. The number of benzene rings is 1. The standard InChI is InChI=1S/C16H13BrN2O/c1-11-8-13(17)10-19(16(11)20)9-12-6-7-18-15-5-3-2-4-14(12)15/h2-8,10H,9H2,1H3. The summed E-state index contributed by atoms with van der Waals surface area (Å²) in [6.07, 6.45) is 3.61. The molecule has 0 fully saturated rings. The molecule has 0 amide bonds. The van der Waals surface area contributed by atoms with E-state index in [9.17, 15) is 4.79 Å². The Kier molecular flexibility index (Phi) is 3.40. The van der Waals surface area contributed by atoms with Gasteiger partial charge in [-0.3, -0.25) is 9.78 Å². The Morgan fingerprint density at radius 2 is 2.05 bits per heavy atom. The summed E-state index contributed by atoms with van der Waals surface area (Å²) in [6, 6.07) is 11.8. The Labute approximate surface area is 125 Å². The maximum absolute atomic E-state index is 12.2. The van der Waals surface area contributed by atoms with E-state index in [2.05, 4.69) is 20.9 Å². The zero-order valence-electron chi connectivity index (χ0n) is 11.0. The van der Waals surface area contributed by atoms with E-state index in [4.69, 9.17) is 0 Å². The number of hydrogen-bond acceptors (Lipinski definition) is 2. The molecule has 20 heavy (non-hydrogen) atoms. The van der Waals surface area contributed by atoms with Gasteiger partial charge in [-0.05, 0) is 46.6 Å². The van der Waals surface area contributed by atoms with Crippen LogP contribution < -0.4 is 5.56 Å². The van der Waals surface area contributed by atoms with Gasteiger partial charge < -0.3 is 4.57 Å². The molecule has 0 aliphatic rings. The van der Waals surface area contributed by atoms with Crippen LogP contribution >= 0.6 is 15.9 Å². The minimum atomic E-state index is 0.0362. The number of aromatic nitrogens is 2. The second-order valence-electron chi connectivity index (χ2n) is 4.76. The lowest BCUT2D eigenvalue weighted by Crippen LogP contribution is -2.22. The summed E-state index contributed by atoms with van der Waals surface area (Å²) in [5.41, 5.74) is 2.81. The summed E-state index contributed by atoms with van der Waals surface area (Å²) < 4.78 is 2.63. The van der Waals surface area contributed by atoms with Crippen LogP contribution in [0.15, 0.2) is 58.1 Å². The van der Waals surface area contributed by atoms with E-state index in [0.29, 0.717) is 6.54 Å². The van der Waals surface area contributed by atoms with E-state index >= 15 is 0 Å². The first-order valence-electron chi connectivity index (χ1n) is 6.34. The molecule has 4 heteroatoms. The number of rotatable bonds is 2. The molecule has 0 aliphatic carbocycles. The average Bonchev–Trinajstić information content (AvgIpc) is 2.44. The molecule has 0 unspecified atom stereocenters. The molecule has 0 saturated heterocycles. The Hall–Kier alpha value is -1.94. The molecular formula is C16H13BrN2O. The molecular weight excluding hydrogens is 316 g/mol. The van der Waals surface area contributed by atoms with Crippen LogP contribution in [-0.4, -0.2) is 9.55 Å². The number of hydrogen-bond donors (Lipinski definition) is 0. The largest absolute Gasteiger partial charge is 0.310 e. The van der Waals surface area contributed by atoms with Crippen molar-refractivity contribution in [2.75, 3.05) is 0 Å². The van der Waals surface area contributed by atoms with Crippen molar-refractivity contribution < 1.29 is 0 Å². The van der Waals surface area contributed by atoms with Crippen LogP contribution in [0, 0.1) is 6.92 Å². The Morgan fingerprint density at radius 1 is 1.25 bits per heavy atom. The van der Waals surface area contributed by atoms with Crippen LogP contribution in [0.2, 0.25) is 0 Å². The van der Waals surface area contributed by atoms with Crippen LogP contribution in [-0.2, 0) is 6.54 Å². The van der Waals surface area contributed by atoms with Gasteiger partial charge in [-0.2, -0.15) is 0 Å². The van der Waals surface area contributed by atoms with Crippen LogP contribution in [0.25, 0.3) is 10.9 Å². The molecule has 2 heterocycles. The van der Waals surface area contributed by atoms with Crippen molar-refractivity contribution in [1.82, 2.24) is 9.55 Å². The van der Waals surface area contributed by atoms with Crippen LogP contribution in [0.1, 0.15) is 11.1 Å². The second kappa shape index (κ2) is 5.21. The van der Waals surface area contributed by atoms with Gasteiger partial charge in [-0.15, -0.1) is 0 Å². The van der Waals surface area contributed by atoms with Crippen LogP contribution in [0.4, 0.5) is 0 Å². The molecule has 0 aliphatic heterocycles. The fourth-order valence-corrected chi connectivity index (χ4v) is 2.92. The lowest BCUT2D eigenvalue weighted by atomic mass is 10.1. The summed E-state index contributed by atoms with van der Waals surface area (Å²) in [4.78, 5) is 16.5. The lowest BCUT2D eigenvalue weighted by molar-refractivity contribution is 0.753. The summed E-state index contributed by atoms with van der Waals surface area (Å²) in [7, 11) is 0.